The van der Waals surface area contributed by atoms with Crippen LogP contribution >= 0.6 is 0 Å². The lowest BCUT2D eigenvalue weighted by Gasteiger charge is -2.09. The molecule has 1 N–H and O–H groups in total. The van der Waals surface area contributed by atoms with Gasteiger partial charge in [-0.3, -0.25) is 9.48 Å². The number of aryl methyl sites for hydroxylation is 1. The number of benzene rings is 2. The van der Waals surface area contributed by atoms with E-state index in [1.807, 2.05) is 42.5 Å². The van der Waals surface area contributed by atoms with E-state index in [0.29, 0.717) is 5.69 Å². The van der Waals surface area contributed by atoms with E-state index in [1.54, 1.807) is 12.1 Å². The molecule has 0 aliphatic carbocycles. The second-order valence-corrected chi connectivity index (χ2v) is 6.49. The summed E-state index contributed by atoms with van der Waals surface area (Å²) in [5.74, 6) is -0.772. The molecule has 0 aliphatic rings. The Morgan fingerprint density at radius 1 is 1.00 bits per heavy atom. The topological polar surface area (TPSA) is 59.8 Å². The van der Waals surface area contributed by atoms with E-state index >= 15 is 0 Å². The van der Waals surface area contributed by atoms with Gasteiger partial charge in [-0.1, -0.05) is 42.5 Å². The molecule has 4 aromatic rings. The van der Waals surface area contributed by atoms with Crippen molar-refractivity contribution < 1.29 is 18.0 Å². The molecule has 0 spiro atoms. The van der Waals surface area contributed by atoms with Crippen LogP contribution in [-0.2, 0) is 13.2 Å². The molecular weight excluding hydrogens is 381 g/mol. The smallest absolute Gasteiger partial charge is 0.306 e. The molecule has 146 valence electrons. The molecule has 0 radical (unpaired) electrons. The van der Waals surface area contributed by atoms with Crippen molar-refractivity contribution in [2.75, 3.05) is 5.32 Å². The van der Waals surface area contributed by atoms with Crippen LogP contribution in [0.1, 0.15) is 16.1 Å². The summed E-state index contributed by atoms with van der Waals surface area (Å²) in [5.41, 5.74) is -0.367. The molecule has 2 aromatic carbocycles. The highest BCUT2D eigenvalue weighted by Crippen LogP contribution is 2.31. The Morgan fingerprint density at radius 2 is 1.76 bits per heavy atom. The highest BCUT2D eigenvalue weighted by atomic mass is 19.4. The van der Waals surface area contributed by atoms with Crippen LogP contribution in [0.15, 0.2) is 66.9 Å². The minimum atomic E-state index is -4.73. The van der Waals surface area contributed by atoms with Crippen molar-refractivity contribution in [3.63, 3.8) is 0 Å². The third-order valence-electron chi connectivity index (χ3n) is 4.38. The predicted octanol–water partition coefficient (Wildman–Crippen LogP) is 4.91. The van der Waals surface area contributed by atoms with Crippen LogP contribution in [-0.4, -0.2) is 20.7 Å². The largest absolute Gasteiger partial charge is 0.435 e. The summed E-state index contributed by atoms with van der Waals surface area (Å²) in [7, 11) is 1.32. The lowest BCUT2D eigenvalue weighted by molar-refractivity contribution is -0.141. The Kier molecular flexibility index (Phi) is 4.54. The Morgan fingerprint density at radius 3 is 2.52 bits per heavy atom. The molecule has 0 bridgehead atoms. The molecule has 1 amide bonds. The molecule has 2 aromatic heterocycles. The van der Waals surface area contributed by atoms with Crippen molar-refractivity contribution in [2.45, 2.75) is 6.18 Å². The number of alkyl halides is 3. The van der Waals surface area contributed by atoms with Crippen molar-refractivity contribution in [1.29, 1.82) is 0 Å². The van der Waals surface area contributed by atoms with Crippen molar-refractivity contribution in [1.82, 2.24) is 14.8 Å². The first-order valence-corrected chi connectivity index (χ1v) is 8.70. The van der Waals surface area contributed by atoms with E-state index in [-0.39, 0.29) is 5.82 Å². The summed E-state index contributed by atoms with van der Waals surface area (Å²) in [6.07, 6.45) is -3.69. The molecule has 0 atom stereocenters. The number of anilines is 1. The van der Waals surface area contributed by atoms with E-state index in [4.69, 9.17) is 0 Å². The van der Waals surface area contributed by atoms with Crippen LogP contribution in [0.2, 0.25) is 0 Å². The van der Waals surface area contributed by atoms with Gasteiger partial charge >= 0.3 is 6.18 Å². The SMILES string of the molecule is Cn1cc(C(=O)Nc2cccc(-c3ccc4ccccc4c3)n2)c(C(F)(F)F)n1. The zero-order valence-corrected chi connectivity index (χ0v) is 15.2. The van der Waals surface area contributed by atoms with E-state index < -0.39 is 23.3 Å². The Labute approximate surface area is 163 Å². The summed E-state index contributed by atoms with van der Waals surface area (Å²) >= 11 is 0. The lowest BCUT2D eigenvalue weighted by Crippen LogP contribution is -2.18. The van der Waals surface area contributed by atoms with Gasteiger partial charge in [-0.15, -0.1) is 0 Å². The van der Waals surface area contributed by atoms with E-state index in [2.05, 4.69) is 15.4 Å². The van der Waals surface area contributed by atoms with Crippen LogP contribution in [0, 0.1) is 0 Å². The number of nitrogens with zero attached hydrogens (tertiary/aromatic N) is 3. The maximum Gasteiger partial charge on any atom is 0.435 e. The number of rotatable bonds is 3. The monoisotopic (exact) mass is 396 g/mol. The Balaban J connectivity index is 1.63. The molecule has 0 fully saturated rings. The van der Waals surface area contributed by atoms with Gasteiger partial charge in [0.05, 0.1) is 11.3 Å². The van der Waals surface area contributed by atoms with E-state index in [0.717, 1.165) is 27.2 Å². The van der Waals surface area contributed by atoms with Crippen LogP contribution in [0.5, 0.6) is 0 Å². The van der Waals surface area contributed by atoms with Gasteiger partial charge in [0.25, 0.3) is 5.91 Å². The highest BCUT2D eigenvalue weighted by molar-refractivity contribution is 6.04. The van der Waals surface area contributed by atoms with Gasteiger partial charge in [-0.2, -0.15) is 18.3 Å². The normalized spacial score (nSPS) is 11.6. The summed E-state index contributed by atoms with van der Waals surface area (Å²) in [6, 6.07) is 18.7. The molecule has 0 saturated carbocycles. The molecule has 8 heteroatoms. The minimum absolute atomic E-state index is 0.151. The maximum absolute atomic E-state index is 13.1. The first-order chi connectivity index (χ1) is 13.8. The molecule has 2 heterocycles. The number of nitrogens with one attached hydrogen (secondary N) is 1. The van der Waals surface area contributed by atoms with Crippen molar-refractivity contribution >= 4 is 22.5 Å². The third-order valence-corrected chi connectivity index (χ3v) is 4.38. The van der Waals surface area contributed by atoms with Gasteiger partial charge in [0.2, 0.25) is 0 Å². The number of hydrogen-bond acceptors (Lipinski definition) is 3. The zero-order chi connectivity index (χ0) is 20.6. The van der Waals surface area contributed by atoms with Gasteiger partial charge in [-0.05, 0) is 29.0 Å². The number of carbonyl (C=O) groups is 1. The van der Waals surface area contributed by atoms with Crippen LogP contribution < -0.4 is 5.32 Å². The van der Waals surface area contributed by atoms with Crippen molar-refractivity contribution in [3.8, 4) is 11.3 Å². The first kappa shape index (κ1) is 18.7. The van der Waals surface area contributed by atoms with Gasteiger partial charge in [0.1, 0.15) is 5.82 Å². The number of pyridine rings is 1. The van der Waals surface area contributed by atoms with Gasteiger partial charge in [0, 0.05) is 18.8 Å². The standard InChI is InChI=1S/C21H15F3N4O/c1-28-12-16(19(27-28)21(22,23)24)20(29)26-18-8-4-7-17(25-18)15-10-9-13-5-2-3-6-14(13)11-15/h2-12H,1H3,(H,25,26,29). The Bertz CT molecular complexity index is 1210. The minimum Gasteiger partial charge on any atom is -0.306 e. The van der Waals surface area contributed by atoms with E-state index in [1.165, 1.54) is 13.1 Å². The Hall–Kier alpha value is -3.68. The fourth-order valence-corrected chi connectivity index (χ4v) is 3.06. The third kappa shape index (κ3) is 3.82. The second kappa shape index (κ2) is 7.05. The van der Waals surface area contributed by atoms with Gasteiger partial charge in [-0.25, -0.2) is 4.98 Å². The summed E-state index contributed by atoms with van der Waals surface area (Å²) in [4.78, 5) is 16.8. The molecule has 5 nitrogen and oxygen atoms in total. The number of aromatic nitrogens is 3. The maximum atomic E-state index is 13.1. The predicted molar refractivity (Wildman–Crippen MR) is 103 cm³/mol. The van der Waals surface area contributed by atoms with Crippen LogP contribution in [0.3, 0.4) is 0 Å². The molecule has 4 rings (SSSR count). The van der Waals surface area contributed by atoms with E-state index in [9.17, 15) is 18.0 Å². The van der Waals surface area contributed by atoms with Crippen LogP contribution in [0.4, 0.5) is 19.0 Å². The second-order valence-electron chi connectivity index (χ2n) is 6.49. The molecule has 0 saturated heterocycles. The van der Waals surface area contributed by atoms with Crippen molar-refractivity contribution in [2.24, 2.45) is 7.05 Å². The quantitative estimate of drug-likeness (QED) is 0.536. The average molecular weight is 396 g/mol. The fourth-order valence-electron chi connectivity index (χ4n) is 3.06. The average Bonchev–Trinajstić information content (AvgIpc) is 3.10. The van der Waals surface area contributed by atoms with Crippen molar-refractivity contribution in [3.05, 3.63) is 78.1 Å². The van der Waals surface area contributed by atoms with Crippen LogP contribution in [0.25, 0.3) is 22.0 Å². The number of carbonyl (C=O) groups excluding carboxylic acids is 1. The molecule has 0 unspecified atom stereocenters. The fraction of sp³-hybridized carbons (Fsp3) is 0.0952. The number of amides is 1. The number of hydrogen-bond donors (Lipinski definition) is 1. The lowest BCUT2D eigenvalue weighted by atomic mass is 10.0. The molecule has 29 heavy (non-hydrogen) atoms. The highest BCUT2D eigenvalue weighted by Gasteiger charge is 2.39. The van der Waals surface area contributed by atoms with Gasteiger partial charge in [0.15, 0.2) is 5.69 Å². The molecular formula is C21H15F3N4O. The molecule has 0 aliphatic heterocycles. The number of halogens is 3. The summed E-state index contributed by atoms with van der Waals surface area (Å²) in [5, 5.41) is 7.89. The summed E-state index contributed by atoms with van der Waals surface area (Å²) in [6.45, 7) is 0. The number of fused-ring (bicyclic) bond motifs is 1. The zero-order valence-electron chi connectivity index (χ0n) is 15.2. The first-order valence-electron chi connectivity index (χ1n) is 8.70. The van der Waals surface area contributed by atoms with Gasteiger partial charge < -0.3 is 5.32 Å². The summed E-state index contributed by atoms with van der Waals surface area (Å²) < 4.78 is 40.3.